The Morgan fingerprint density at radius 1 is 1.30 bits per heavy atom. The van der Waals surface area contributed by atoms with E-state index in [1.807, 2.05) is 0 Å². The molecule has 1 heterocycles. The number of nitrogens with one attached hydrogen (secondary N) is 2. The van der Waals surface area contributed by atoms with Gasteiger partial charge in [-0.1, -0.05) is 0 Å². The van der Waals surface area contributed by atoms with Crippen molar-refractivity contribution in [1.29, 1.82) is 0 Å². The molecule has 0 bridgehead atoms. The number of piperidine rings is 1. The number of carbonyl (C=O) groups excluding carboxylic acids is 1. The van der Waals surface area contributed by atoms with Gasteiger partial charge in [0.1, 0.15) is 6.04 Å². The zero-order valence-corrected chi connectivity index (χ0v) is 13.7. The molecule has 1 fully saturated rings. The van der Waals surface area contributed by atoms with E-state index in [-0.39, 0.29) is 30.0 Å². The monoisotopic (exact) mass is 347 g/mol. The molecule has 1 aromatic rings. The number of alkyl halides is 2. The summed E-state index contributed by atoms with van der Waals surface area (Å²) in [5.74, 6) is -3.62. The minimum Gasteiger partial charge on any atom is -0.342 e. The van der Waals surface area contributed by atoms with Crippen LogP contribution in [0.2, 0.25) is 0 Å². The molecule has 1 aliphatic rings. The van der Waals surface area contributed by atoms with Crippen molar-refractivity contribution in [2.45, 2.75) is 23.3 Å². The van der Waals surface area contributed by atoms with Crippen molar-refractivity contribution in [3.8, 4) is 0 Å². The molecule has 6 nitrogen and oxygen atoms in total. The van der Waals surface area contributed by atoms with E-state index >= 15 is 0 Å². The van der Waals surface area contributed by atoms with Gasteiger partial charge in [-0.05, 0) is 24.3 Å². The molecule has 23 heavy (non-hydrogen) atoms. The number of hydrogen-bond donors (Lipinski definition) is 2. The number of halogens is 2. The summed E-state index contributed by atoms with van der Waals surface area (Å²) < 4.78 is 52.3. The quantitative estimate of drug-likeness (QED) is 0.839. The predicted octanol–water partition coefficient (Wildman–Crippen LogP) is 0.664. The van der Waals surface area contributed by atoms with Crippen LogP contribution in [0.3, 0.4) is 0 Å². The second-order valence-electron chi connectivity index (χ2n) is 5.55. The third-order valence-electron chi connectivity index (χ3n) is 3.69. The maximum absolute atomic E-state index is 13.7. The van der Waals surface area contributed by atoms with Crippen molar-refractivity contribution in [1.82, 2.24) is 14.9 Å². The maximum atomic E-state index is 13.7. The average molecular weight is 347 g/mol. The Hall–Kier alpha value is -1.58. The first-order chi connectivity index (χ1) is 10.6. The highest BCUT2D eigenvalue weighted by Crippen LogP contribution is 2.25. The van der Waals surface area contributed by atoms with Crippen LogP contribution in [0.5, 0.6) is 0 Å². The zero-order chi connectivity index (χ0) is 17.3. The van der Waals surface area contributed by atoms with Gasteiger partial charge in [0.05, 0.1) is 4.90 Å². The van der Waals surface area contributed by atoms with Gasteiger partial charge in [0.2, 0.25) is 10.0 Å². The van der Waals surface area contributed by atoms with Crippen LogP contribution < -0.4 is 10.6 Å². The van der Waals surface area contributed by atoms with Crippen molar-refractivity contribution >= 4 is 15.9 Å². The standard InChI is InChI=1S/C14H19F2N3O3S/c1-19(2)23(21,22)11-5-3-10(4-6-11)13(20)18-12-9-17-8-7-14(12,15)16/h3-6,12,17H,7-9H2,1-2H3,(H,18,20). The molecule has 1 unspecified atom stereocenters. The van der Waals surface area contributed by atoms with Gasteiger partial charge in [-0.3, -0.25) is 4.79 Å². The number of amides is 1. The summed E-state index contributed by atoms with van der Waals surface area (Å²) in [6, 6.07) is 3.89. The second kappa shape index (κ2) is 6.50. The molecule has 9 heteroatoms. The number of nitrogens with zero attached hydrogens (tertiary/aromatic N) is 1. The van der Waals surface area contributed by atoms with Crippen molar-refractivity contribution in [2.24, 2.45) is 0 Å². The molecule has 1 saturated heterocycles. The van der Waals surface area contributed by atoms with Gasteiger partial charge in [0.15, 0.2) is 0 Å². The maximum Gasteiger partial charge on any atom is 0.270 e. The van der Waals surface area contributed by atoms with Gasteiger partial charge >= 0.3 is 0 Å². The van der Waals surface area contributed by atoms with Crippen molar-refractivity contribution in [3.63, 3.8) is 0 Å². The first-order valence-corrected chi connectivity index (χ1v) is 8.50. The first kappa shape index (κ1) is 17.8. The smallest absolute Gasteiger partial charge is 0.270 e. The average Bonchev–Trinajstić information content (AvgIpc) is 2.49. The third-order valence-corrected chi connectivity index (χ3v) is 5.52. The van der Waals surface area contributed by atoms with Gasteiger partial charge in [-0.2, -0.15) is 0 Å². The molecule has 2 rings (SSSR count). The summed E-state index contributed by atoms with van der Waals surface area (Å²) in [5, 5.41) is 5.10. The molecule has 0 radical (unpaired) electrons. The summed E-state index contributed by atoms with van der Waals surface area (Å²) in [4.78, 5) is 12.1. The lowest BCUT2D eigenvalue weighted by Gasteiger charge is -2.32. The number of sulfonamides is 1. The molecule has 0 saturated carbocycles. The summed E-state index contributed by atoms with van der Waals surface area (Å²) in [6.45, 7) is 0.197. The number of hydrogen-bond acceptors (Lipinski definition) is 4. The molecule has 1 aliphatic heterocycles. The van der Waals surface area contributed by atoms with Crippen LogP contribution in [-0.4, -0.2) is 57.8 Å². The van der Waals surface area contributed by atoms with Gasteiger partial charge in [0.25, 0.3) is 11.8 Å². The predicted molar refractivity (Wildman–Crippen MR) is 81.0 cm³/mol. The number of carbonyl (C=O) groups is 1. The molecule has 1 atom stereocenters. The fraction of sp³-hybridized carbons (Fsp3) is 0.500. The first-order valence-electron chi connectivity index (χ1n) is 7.06. The van der Waals surface area contributed by atoms with E-state index in [4.69, 9.17) is 0 Å². The molecule has 128 valence electrons. The Morgan fingerprint density at radius 2 is 1.91 bits per heavy atom. The van der Waals surface area contributed by atoms with Gasteiger partial charge in [-0.25, -0.2) is 21.5 Å². The highest BCUT2D eigenvalue weighted by molar-refractivity contribution is 7.89. The molecule has 0 aliphatic carbocycles. The van der Waals surface area contributed by atoms with Crippen LogP contribution in [0.15, 0.2) is 29.2 Å². The van der Waals surface area contributed by atoms with E-state index in [9.17, 15) is 22.0 Å². The molecule has 2 N–H and O–H groups in total. The normalized spacial score (nSPS) is 21.2. The molecule has 1 amide bonds. The summed E-state index contributed by atoms with van der Waals surface area (Å²) >= 11 is 0. The Bertz CT molecular complexity index is 675. The van der Waals surface area contributed by atoms with Gasteiger partial charge in [0, 0.05) is 39.2 Å². The minimum atomic E-state index is -3.59. The number of benzene rings is 1. The third kappa shape index (κ3) is 3.85. The van der Waals surface area contributed by atoms with E-state index in [2.05, 4.69) is 10.6 Å². The Labute approximate surface area is 133 Å². The van der Waals surface area contributed by atoms with Crippen LogP contribution in [0.1, 0.15) is 16.8 Å². The zero-order valence-electron chi connectivity index (χ0n) is 12.8. The highest BCUT2D eigenvalue weighted by atomic mass is 32.2. The molecular formula is C14H19F2N3O3S. The Balaban J connectivity index is 2.12. The molecule has 0 aromatic heterocycles. The lowest BCUT2D eigenvalue weighted by molar-refractivity contribution is -0.0542. The van der Waals surface area contributed by atoms with E-state index in [0.29, 0.717) is 0 Å². The van der Waals surface area contributed by atoms with Crippen molar-refractivity contribution < 1.29 is 22.0 Å². The SMILES string of the molecule is CN(C)S(=O)(=O)c1ccc(C(=O)NC2CNCCC2(F)F)cc1. The summed E-state index contributed by atoms with van der Waals surface area (Å²) in [7, 11) is -0.800. The fourth-order valence-corrected chi connectivity index (χ4v) is 3.11. The Kier molecular flexibility index (Phi) is 5.02. The number of rotatable bonds is 4. The van der Waals surface area contributed by atoms with Crippen molar-refractivity contribution in [3.05, 3.63) is 29.8 Å². The van der Waals surface area contributed by atoms with Gasteiger partial charge in [-0.15, -0.1) is 0 Å². The molecular weight excluding hydrogens is 328 g/mol. The van der Waals surface area contributed by atoms with E-state index in [1.165, 1.54) is 38.4 Å². The van der Waals surface area contributed by atoms with Crippen LogP contribution in [0, 0.1) is 0 Å². The van der Waals surface area contributed by atoms with Crippen LogP contribution in [-0.2, 0) is 10.0 Å². The molecule has 0 spiro atoms. The molecule has 1 aromatic carbocycles. The summed E-state index contributed by atoms with van der Waals surface area (Å²) in [5.41, 5.74) is 0.129. The van der Waals surface area contributed by atoms with Crippen molar-refractivity contribution in [2.75, 3.05) is 27.2 Å². The van der Waals surface area contributed by atoms with E-state index < -0.39 is 27.9 Å². The topological polar surface area (TPSA) is 78.5 Å². The second-order valence-corrected chi connectivity index (χ2v) is 7.70. The lowest BCUT2D eigenvalue weighted by atomic mass is 10.0. The highest BCUT2D eigenvalue weighted by Gasteiger charge is 2.42. The van der Waals surface area contributed by atoms with E-state index in [0.717, 1.165) is 4.31 Å². The van der Waals surface area contributed by atoms with E-state index in [1.54, 1.807) is 0 Å². The Morgan fingerprint density at radius 3 is 2.43 bits per heavy atom. The lowest BCUT2D eigenvalue weighted by Crippen LogP contribution is -2.57. The van der Waals surface area contributed by atoms with Crippen LogP contribution in [0.25, 0.3) is 0 Å². The summed E-state index contributed by atoms with van der Waals surface area (Å²) in [6.07, 6.45) is -0.335. The van der Waals surface area contributed by atoms with Gasteiger partial charge < -0.3 is 10.6 Å². The van der Waals surface area contributed by atoms with Crippen LogP contribution in [0.4, 0.5) is 8.78 Å². The van der Waals surface area contributed by atoms with Crippen LogP contribution >= 0.6 is 0 Å². The largest absolute Gasteiger partial charge is 0.342 e. The minimum absolute atomic E-state index is 0.00810. The fourth-order valence-electron chi connectivity index (χ4n) is 2.21.